The molecule has 1 atom stereocenters. The number of hydrogen-bond donors (Lipinski definition) is 1. The summed E-state index contributed by atoms with van der Waals surface area (Å²) in [5.74, 6) is 0. The Morgan fingerprint density at radius 3 is 3.00 bits per heavy atom. The summed E-state index contributed by atoms with van der Waals surface area (Å²) in [6, 6.07) is 5.52. The SMILES string of the molecule is CC(C)NCc1cc(N2CCCC2C)ccn1. The molecule has 1 fully saturated rings. The van der Waals surface area contributed by atoms with E-state index in [4.69, 9.17) is 0 Å². The number of nitrogens with one attached hydrogen (secondary N) is 1. The number of anilines is 1. The zero-order valence-corrected chi connectivity index (χ0v) is 11.1. The average Bonchev–Trinajstić information content (AvgIpc) is 2.73. The van der Waals surface area contributed by atoms with E-state index in [1.54, 1.807) is 0 Å². The largest absolute Gasteiger partial charge is 0.369 e. The first kappa shape index (κ1) is 12.4. The van der Waals surface area contributed by atoms with E-state index < -0.39 is 0 Å². The molecule has 0 radical (unpaired) electrons. The maximum atomic E-state index is 4.42. The Hall–Kier alpha value is -1.09. The molecule has 1 saturated heterocycles. The van der Waals surface area contributed by atoms with Gasteiger partial charge in [-0.3, -0.25) is 4.98 Å². The van der Waals surface area contributed by atoms with Crippen molar-refractivity contribution in [3.63, 3.8) is 0 Å². The van der Waals surface area contributed by atoms with Gasteiger partial charge in [0.2, 0.25) is 0 Å². The van der Waals surface area contributed by atoms with Crippen molar-refractivity contribution in [3.8, 4) is 0 Å². The lowest BCUT2D eigenvalue weighted by molar-refractivity contribution is 0.581. The molecule has 0 amide bonds. The highest BCUT2D eigenvalue weighted by atomic mass is 15.2. The van der Waals surface area contributed by atoms with Crippen molar-refractivity contribution in [3.05, 3.63) is 24.0 Å². The van der Waals surface area contributed by atoms with Gasteiger partial charge in [0, 0.05) is 37.1 Å². The van der Waals surface area contributed by atoms with Gasteiger partial charge < -0.3 is 10.2 Å². The standard InChI is InChI=1S/C14H23N3/c1-11(2)16-10-13-9-14(6-7-15-13)17-8-4-5-12(17)3/h6-7,9,11-12,16H,4-5,8,10H2,1-3H3. The van der Waals surface area contributed by atoms with E-state index >= 15 is 0 Å². The van der Waals surface area contributed by atoms with Gasteiger partial charge in [-0.25, -0.2) is 0 Å². The molecule has 0 spiro atoms. The van der Waals surface area contributed by atoms with Crippen LogP contribution in [-0.4, -0.2) is 23.6 Å². The van der Waals surface area contributed by atoms with Crippen LogP contribution in [0.4, 0.5) is 5.69 Å². The lowest BCUT2D eigenvalue weighted by Gasteiger charge is -2.24. The quantitative estimate of drug-likeness (QED) is 0.866. The lowest BCUT2D eigenvalue weighted by atomic mass is 10.2. The Labute approximate surface area is 104 Å². The van der Waals surface area contributed by atoms with E-state index in [-0.39, 0.29) is 0 Å². The molecule has 0 aromatic carbocycles. The number of pyridine rings is 1. The van der Waals surface area contributed by atoms with Crippen LogP contribution in [0.5, 0.6) is 0 Å². The predicted octanol–water partition coefficient (Wildman–Crippen LogP) is 2.57. The van der Waals surface area contributed by atoms with Crippen LogP contribution in [0.1, 0.15) is 39.3 Å². The van der Waals surface area contributed by atoms with Crippen molar-refractivity contribution in [2.75, 3.05) is 11.4 Å². The third kappa shape index (κ3) is 3.19. The minimum Gasteiger partial charge on any atom is -0.369 e. The van der Waals surface area contributed by atoms with Crippen molar-refractivity contribution in [1.29, 1.82) is 0 Å². The van der Waals surface area contributed by atoms with E-state index in [9.17, 15) is 0 Å². The molecule has 94 valence electrons. The van der Waals surface area contributed by atoms with Crippen LogP contribution in [-0.2, 0) is 6.54 Å². The average molecular weight is 233 g/mol. The predicted molar refractivity (Wildman–Crippen MR) is 72.3 cm³/mol. The van der Waals surface area contributed by atoms with Crippen molar-refractivity contribution in [1.82, 2.24) is 10.3 Å². The molecule has 0 aliphatic carbocycles. The van der Waals surface area contributed by atoms with E-state index in [1.807, 2.05) is 6.20 Å². The first-order valence-corrected chi connectivity index (χ1v) is 6.62. The molecule has 1 N–H and O–H groups in total. The van der Waals surface area contributed by atoms with Gasteiger partial charge >= 0.3 is 0 Å². The van der Waals surface area contributed by atoms with Crippen LogP contribution in [0.2, 0.25) is 0 Å². The van der Waals surface area contributed by atoms with E-state index in [0.717, 1.165) is 12.2 Å². The molecule has 1 unspecified atom stereocenters. The minimum absolute atomic E-state index is 0.506. The van der Waals surface area contributed by atoms with Crippen molar-refractivity contribution < 1.29 is 0 Å². The molecule has 3 nitrogen and oxygen atoms in total. The third-order valence-electron chi connectivity index (χ3n) is 3.38. The van der Waals surface area contributed by atoms with Crippen molar-refractivity contribution in [2.45, 2.75) is 52.2 Å². The molecule has 0 saturated carbocycles. The second-order valence-electron chi connectivity index (χ2n) is 5.23. The number of aromatic nitrogens is 1. The molecule has 1 aliphatic rings. The highest BCUT2D eigenvalue weighted by Gasteiger charge is 2.20. The molecular formula is C14H23N3. The van der Waals surface area contributed by atoms with Gasteiger partial charge in [-0.1, -0.05) is 13.8 Å². The van der Waals surface area contributed by atoms with Gasteiger partial charge in [0.25, 0.3) is 0 Å². The zero-order valence-electron chi connectivity index (χ0n) is 11.1. The highest BCUT2D eigenvalue weighted by molar-refractivity contribution is 5.48. The van der Waals surface area contributed by atoms with Crippen LogP contribution in [0, 0.1) is 0 Å². The fourth-order valence-corrected chi connectivity index (χ4v) is 2.37. The Bertz CT molecular complexity index is 362. The van der Waals surface area contributed by atoms with Crippen molar-refractivity contribution in [2.24, 2.45) is 0 Å². The normalized spacial score (nSPS) is 20.2. The number of hydrogen-bond acceptors (Lipinski definition) is 3. The molecule has 1 aliphatic heterocycles. The summed E-state index contributed by atoms with van der Waals surface area (Å²) in [4.78, 5) is 6.91. The summed E-state index contributed by atoms with van der Waals surface area (Å²) in [6.07, 6.45) is 4.54. The van der Waals surface area contributed by atoms with Gasteiger partial charge in [0.05, 0.1) is 5.69 Å². The molecule has 3 heteroatoms. The third-order valence-corrected chi connectivity index (χ3v) is 3.38. The molecule has 0 bridgehead atoms. The summed E-state index contributed by atoms with van der Waals surface area (Å²) in [6.45, 7) is 8.66. The summed E-state index contributed by atoms with van der Waals surface area (Å²) in [7, 11) is 0. The summed E-state index contributed by atoms with van der Waals surface area (Å²) < 4.78 is 0. The fraction of sp³-hybridized carbons (Fsp3) is 0.643. The number of rotatable bonds is 4. The smallest absolute Gasteiger partial charge is 0.0562 e. The van der Waals surface area contributed by atoms with Gasteiger partial charge in [-0.2, -0.15) is 0 Å². The van der Waals surface area contributed by atoms with Gasteiger partial charge in [-0.15, -0.1) is 0 Å². The molecule has 2 heterocycles. The molecule has 17 heavy (non-hydrogen) atoms. The van der Waals surface area contributed by atoms with Crippen LogP contribution in [0.3, 0.4) is 0 Å². The Balaban J connectivity index is 2.05. The topological polar surface area (TPSA) is 28.2 Å². The van der Waals surface area contributed by atoms with E-state index in [1.165, 1.54) is 25.1 Å². The second kappa shape index (κ2) is 5.50. The summed E-state index contributed by atoms with van der Waals surface area (Å²) in [5, 5.41) is 3.41. The van der Waals surface area contributed by atoms with Gasteiger partial charge in [0.1, 0.15) is 0 Å². The molecule has 2 rings (SSSR count). The monoisotopic (exact) mass is 233 g/mol. The van der Waals surface area contributed by atoms with Crippen LogP contribution >= 0.6 is 0 Å². The Morgan fingerprint density at radius 1 is 1.53 bits per heavy atom. The highest BCUT2D eigenvalue weighted by Crippen LogP contribution is 2.25. The van der Waals surface area contributed by atoms with E-state index in [0.29, 0.717) is 12.1 Å². The molecular weight excluding hydrogens is 210 g/mol. The van der Waals surface area contributed by atoms with Gasteiger partial charge in [-0.05, 0) is 31.9 Å². The van der Waals surface area contributed by atoms with E-state index in [2.05, 4.69) is 48.1 Å². The first-order valence-electron chi connectivity index (χ1n) is 6.62. The van der Waals surface area contributed by atoms with Crippen molar-refractivity contribution >= 4 is 5.69 Å². The summed E-state index contributed by atoms with van der Waals surface area (Å²) >= 11 is 0. The van der Waals surface area contributed by atoms with Crippen LogP contribution < -0.4 is 10.2 Å². The Kier molecular flexibility index (Phi) is 4.00. The van der Waals surface area contributed by atoms with Crippen LogP contribution in [0.15, 0.2) is 18.3 Å². The van der Waals surface area contributed by atoms with Gasteiger partial charge in [0.15, 0.2) is 0 Å². The fourth-order valence-electron chi connectivity index (χ4n) is 2.37. The molecule has 1 aromatic heterocycles. The maximum absolute atomic E-state index is 4.42. The lowest BCUT2D eigenvalue weighted by Crippen LogP contribution is -2.27. The maximum Gasteiger partial charge on any atom is 0.0562 e. The number of nitrogens with zero attached hydrogens (tertiary/aromatic N) is 2. The Morgan fingerprint density at radius 2 is 2.35 bits per heavy atom. The minimum atomic E-state index is 0.506. The zero-order chi connectivity index (χ0) is 12.3. The second-order valence-corrected chi connectivity index (χ2v) is 5.23. The van der Waals surface area contributed by atoms with Crippen LogP contribution in [0.25, 0.3) is 0 Å². The molecule has 1 aromatic rings. The first-order chi connectivity index (χ1) is 8.16. The summed E-state index contributed by atoms with van der Waals surface area (Å²) in [5.41, 5.74) is 2.46.